The lowest BCUT2D eigenvalue weighted by Crippen LogP contribution is -2.33. The predicted octanol–water partition coefficient (Wildman–Crippen LogP) is 2.49. The number of hydrogen-bond donors (Lipinski definition) is 1. The van der Waals surface area contributed by atoms with Gasteiger partial charge in [-0.2, -0.15) is 0 Å². The third kappa shape index (κ3) is 3.08. The Balaban J connectivity index is 1.78. The van der Waals surface area contributed by atoms with Gasteiger partial charge in [-0.3, -0.25) is 0 Å². The van der Waals surface area contributed by atoms with Crippen LogP contribution >= 0.6 is 11.6 Å². The second kappa shape index (κ2) is 6.63. The molecule has 25 heavy (non-hydrogen) atoms. The zero-order chi connectivity index (χ0) is 17.4. The van der Waals surface area contributed by atoms with Crippen LogP contribution in [0.15, 0.2) is 36.5 Å². The van der Waals surface area contributed by atoms with Crippen LogP contribution in [0.25, 0.3) is 22.4 Å². The first kappa shape index (κ1) is 16.3. The van der Waals surface area contributed by atoms with Gasteiger partial charge in [-0.15, -0.1) is 0 Å². The molecule has 0 radical (unpaired) electrons. The molecule has 1 N–H and O–H groups in total. The second-order valence-electron chi connectivity index (χ2n) is 6.18. The van der Waals surface area contributed by atoms with E-state index in [1.807, 2.05) is 46.8 Å². The van der Waals surface area contributed by atoms with Gasteiger partial charge in [-0.25, -0.2) is 9.97 Å². The van der Waals surface area contributed by atoms with Crippen LogP contribution < -0.4 is 4.90 Å². The normalized spacial score (nSPS) is 18.5. The molecule has 1 aliphatic rings. The van der Waals surface area contributed by atoms with Crippen molar-refractivity contribution in [3.63, 3.8) is 0 Å². The Morgan fingerprint density at radius 1 is 1.32 bits per heavy atom. The van der Waals surface area contributed by atoms with Crippen molar-refractivity contribution in [1.29, 1.82) is 0 Å². The number of ether oxygens (including phenoxy) is 1. The number of aliphatic hydroxyl groups excluding tert-OH is 1. The number of halogens is 1. The van der Waals surface area contributed by atoms with Crippen LogP contribution in [-0.4, -0.2) is 52.0 Å². The van der Waals surface area contributed by atoms with Crippen molar-refractivity contribution in [3.05, 3.63) is 41.6 Å². The number of pyridine rings is 1. The fourth-order valence-corrected chi connectivity index (χ4v) is 3.35. The molecule has 3 aromatic rings. The van der Waals surface area contributed by atoms with Gasteiger partial charge in [0.2, 0.25) is 0 Å². The Hall–Kier alpha value is -2.15. The molecule has 0 aliphatic carbocycles. The van der Waals surface area contributed by atoms with Gasteiger partial charge < -0.3 is 19.3 Å². The molecule has 1 unspecified atom stereocenters. The van der Waals surface area contributed by atoms with Crippen LogP contribution in [0, 0.1) is 0 Å². The number of rotatable bonds is 2. The van der Waals surface area contributed by atoms with Crippen molar-refractivity contribution in [2.24, 2.45) is 7.05 Å². The summed E-state index contributed by atoms with van der Waals surface area (Å²) < 4.78 is 7.42. The van der Waals surface area contributed by atoms with Crippen LogP contribution in [0.2, 0.25) is 5.02 Å². The van der Waals surface area contributed by atoms with Crippen LogP contribution in [0.4, 0.5) is 5.82 Å². The number of nitrogens with zero attached hydrogens (tertiary/aromatic N) is 4. The van der Waals surface area contributed by atoms with E-state index in [4.69, 9.17) is 21.3 Å². The summed E-state index contributed by atoms with van der Waals surface area (Å²) in [5.74, 6) is 1.55. The van der Waals surface area contributed by atoms with Gasteiger partial charge in [0.25, 0.3) is 0 Å². The molecule has 130 valence electrons. The standard InChI is InChI=1S/C18H19ClN4O2/c1-22-16-5-3-2-4-15(16)21-18(22)13-8-17(20-9-14(13)19)23-6-7-25-11-12(24)10-23/h2-5,8-9,12,24H,6-7,10-11H2,1H3. The molecule has 2 aromatic heterocycles. The van der Waals surface area contributed by atoms with E-state index in [1.165, 1.54) is 0 Å². The fraction of sp³-hybridized carbons (Fsp3) is 0.333. The van der Waals surface area contributed by atoms with Crippen LogP contribution in [0.1, 0.15) is 0 Å². The quantitative estimate of drug-likeness (QED) is 0.762. The zero-order valence-electron chi connectivity index (χ0n) is 13.9. The second-order valence-corrected chi connectivity index (χ2v) is 6.59. The highest BCUT2D eigenvalue weighted by atomic mass is 35.5. The lowest BCUT2D eigenvalue weighted by molar-refractivity contribution is 0.0597. The number of aliphatic hydroxyl groups is 1. The summed E-state index contributed by atoms with van der Waals surface area (Å²) in [6, 6.07) is 9.91. The van der Waals surface area contributed by atoms with E-state index in [-0.39, 0.29) is 0 Å². The Bertz CT molecular complexity index is 911. The van der Waals surface area contributed by atoms with E-state index in [0.29, 0.717) is 31.3 Å². The van der Waals surface area contributed by atoms with Gasteiger partial charge in [0.1, 0.15) is 11.6 Å². The van der Waals surface area contributed by atoms with Crippen LogP contribution in [0.5, 0.6) is 0 Å². The van der Waals surface area contributed by atoms with E-state index < -0.39 is 6.10 Å². The first-order chi connectivity index (χ1) is 12.1. The molecular formula is C18H19ClN4O2. The highest BCUT2D eigenvalue weighted by Gasteiger charge is 2.20. The molecule has 1 saturated heterocycles. The Kier molecular flexibility index (Phi) is 4.33. The number of aromatic nitrogens is 3. The third-order valence-electron chi connectivity index (χ3n) is 4.44. The minimum absolute atomic E-state index is 0.349. The van der Waals surface area contributed by atoms with Crippen molar-refractivity contribution in [1.82, 2.24) is 14.5 Å². The Labute approximate surface area is 150 Å². The maximum atomic E-state index is 9.96. The predicted molar refractivity (Wildman–Crippen MR) is 98.0 cm³/mol. The molecule has 1 aliphatic heterocycles. The Morgan fingerprint density at radius 3 is 3.00 bits per heavy atom. The van der Waals surface area contributed by atoms with Gasteiger partial charge in [0.15, 0.2) is 0 Å². The van der Waals surface area contributed by atoms with E-state index >= 15 is 0 Å². The maximum Gasteiger partial charge on any atom is 0.142 e. The monoisotopic (exact) mass is 358 g/mol. The number of imidazole rings is 1. The van der Waals surface area contributed by atoms with Crippen LogP contribution in [0.3, 0.4) is 0 Å². The van der Waals surface area contributed by atoms with Gasteiger partial charge in [0, 0.05) is 31.9 Å². The summed E-state index contributed by atoms with van der Waals surface area (Å²) in [6.45, 7) is 2.06. The maximum absolute atomic E-state index is 9.96. The van der Waals surface area contributed by atoms with Crippen LogP contribution in [-0.2, 0) is 11.8 Å². The molecule has 0 bridgehead atoms. The lowest BCUT2D eigenvalue weighted by atomic mass is 10.2. The zero-order valence-corrected chi connectivity index (χ0v) is 14.6. The van der Waals surface area contributed by atoms with E-state index in [9.17, 15) is 5.11 Å². The van der Waals surface area contributed by atoms with Crippen molar-refractivity contribution in [2.75, 3.05) is 31.2 Å². The molecule has 0 spiro atoms. The number of benzene rings is 1. The first-order valence-electron chi connectivity index (χ1n) is 8.21. The molecule has 0 saturated carbocycles. The average Bonchev–Trinajstić information content (AvgIpc) is 2.79. The number of fused-ring (bicyclic) bond motifs is 1. The molecule has 4 rings (SSSR count). The largest absolute Gasteiger partial charge is 0.389 e. The average molecular weight is 359 g/mol. The molecule has 1 atom stereocenters. The summed E-state index contributed by atoms with van der Waals surface area (Å²) in [5, 5.41) is 10.5. The summed E-state index contributed by atoms with van der Waals surface area (Å²) in [4.78, 5) is 11.2. The van der Waals surface area contributed by atoms with Gasteiger partial charge in [-0.1, -0.05) is 23.7 Å². The van der Waals surface area contributed by atoms with E-state index in [0.717, 1.165) is 28.2 Å². The summed E-state index contributed by atoms with van der Waals surface area (Å²) in [7, 11) is 1.98. The molecule has 0 amide bonds. The number of anilines is 1. The third-order valence-corrected chi connectivity index (χ3v) is 4.74. The van der Waals surface area contributed by atoms with E-state index in [2.05, 4.69) is 4.98 Å². The first-order valence-corrected chi connectivity index (χ1v) is 8.59. The number of para-hydroxylation sites is 2. The number of hydrogen-bond acceptors (Lipinski definition) is 5. The highest BCUT2D eigenvalue weighted by molar-refractivity contribution is 6.33. The molecule has 7 heteroatoms. The number of aryl methyl sites for hydroxylation is 1. The van der Waals surface area contributed by atoms with Crippen molar-refractivity contribution in [2.45, 2.75) is 6.10 Å². The molecule has 1 aromatic carbocycles. The van der Waals surface area contributed by atoms with Crippen molar-refractivity contribution >= 4 is 28.5 Å². The van der Waals surface area contributed by atoms with Crippen molar-refractivity contribution < 1.29 is 9.84 Å². The molecule has 6 nitrogen and oxygen atoms in total. The molecule has 1 fully saturated rings. The SMILES string of the molecule is Cn1c(-c2cc(N3CCOCC(O)C3)ncc2Cl)nc2ccccc21. The van der Waals surface area contributed by atoms with Gasteiger partial charge in [-0.05, 0) is 18.2 Å². The smallest absolute Gasteiger partial charge is 0.142 e. The summed E-state index contributed by atoms with van der Waals surface area (Å²) in [5.41, 5.74) is 2.79. The van der Waals surface area contributed by atoms with Gasteiger partial charge in [0.05, 0.1) is 35.4 Å². The Morgan fingerprint density at radius 2 is 2.16 bits per heavy atom. The van der Waals surface area contributed by atoms with Crippen molar-refractivity contribution in [3.8, 4) is 11.4 Å². The molecular weight excluding hydrogens is 340 g/mol. The number of β-amino-alcohol motifs (C(OH)–C–C–N with tert-alkyl or cyclic N) is 1. The van der Waals surface area contributed by atoms with E-state index in [1.54, 1.807) is 6.20 Å². The topological polar surface area (TPSA) is 63.4 Å². The van der Waals surface area contributed by atoms with Gasteiger partial charge >= 0.3 is 0 Å². The highest BCUT2D eigenvalue weighted by Crippen LogP contribution is 2.31. The fourth-order valence-electron chi connectivity index (χ4n) is 3.16. The molecule has 3 heterocycles. The minimum atomic E-state index is -0.529. The summed E-state index contributed by atoms with van der Waals surface area (Å²) in [6.07, 6.45) is 1.11. The lowest BCUT2D eigenvalue weighted by Gasteiger charge is -2.23. The summed E-state index contributed by atoms with van der Waals surface area (Å²) >= 11 is 6.42. The minimum Gasteiger partial charge on any atom is -0.389 e.